The van der Waals surface area contributed by atoms with E-state index in [4.69, 9.17) is 5.73 Å². The number of rotatable bonds is 4. The largest absolute Gasteiger partial charge is 0.353 e. The summed E-state index contributed by atoms with van der Waals surface area (Å²) in [5.74, 6) is -0.298. The summed E-state index contributed by atoms with van der Waals surface area (Å²) in [6.45, 7) is 1.65. The predicted octanol–water partition coefficient (Wildman–Crippen LogP) is 2.31. The lowest BCUT2D eigenvalue weighted by atomic mass is 9.84. The van der Waals surface area contributed by atoms with Gasteiger partial charge in [-0.05, 0) is 62.4 Å². The first-order valence-corrected chi connectivity index (χ1v) is 9.63. The molecule has 6 heteroatoms. The lowest BCUT2D eigenvalue weighted by Crippen LogP contribution is -2.50. The summed E-state index contributed by atoms with van der Waals surface area (Å²) in [5, 5.41) is 3.19. The van der Waals surface area contributed by atoms with Crippen LogP contribution in [0.2, 0.25) is 0 Å². The van der Waals surface area contributed by atoms with E-state index in [9.17, 15) is 14.0 Å². The van der Waals surface area contributed by atoms with Crippen molar-refractivity contribution >= 4 is 11.8 Å². The van der Waals surface area contributed by atoms with E-state index in [1.807, 2.05) is 0 Å². The van der Waals surface area contributed by atoms with Gasteiger partial charge in [-0.3, -0.25) is 9.59 Å². The molecular formula is C20H28FN3O2. The molecule has 1 aliphatic heterocycles. The van der Waals surface area contributed by atoms with Gasteiger partial charge in [-0.15, -0.1) is 0 Å². The molecule has 26 heavy (non-hydrogen) atoms. The molecule has 3 N–H and O–H groups in total. The van der Waals surface area contributed by atoms with Gasteiger partial charge in [0.15, 0.2) is 0 Å². The minimum Gasteiger partial charge on any atom is -0.353 e. The van der Waals surface area contributed by atoms with Crippen LogP contribution in [0.5, 0.6) is 0 Å². The molecule has 1 aliphatic carbocycles. The normalized spacial score (nSPS) is 26.4. The fourth-order valence-electron chi connectivity index (χ4n) is 4.13. The Bertz CT molecular complexity index is 634. The average Bonchev–Trinajstić information content (AvgIpc) is 2.68. The van der Waals surface area contributed by atoms with Crippen molar-refractivity contribution in [2.75, 3.05) is 19.6 Å². The van der Waals surface area contributed by atoms with Gasteiger partial charge in [0.2, 0.25) is 5.91 Å². The molecule has 1 aromatic carbocycles. The van der Waals surface area contributed by atoms with Crippen LogP contribution >= 0.6 is 0 Å². The molecular weight excluding hydrogens is 333 g/mol. The summed E-state index contributed by atoms with van der Waals surface area (Å²) in [7, 11) is 0. The molecule has 2 amide bonds. The molecule has 3 rings (SSSR count). The zero-order chi connectivity index (χ0) is 18.5. The van der Waals surface area contributed by atoms with Crippen LogP contribution < -0.4 is 11.1 Å². The number of piperidine rings is 1. The smallest absolute Gasteiger partial charge is 0.253 e. The van der Waals surface area contributed by atoms with Crippen molar-refractivity contribution < 1.29 is 14.0 Å². The first-order valence-electron chi connectivity index (χ1n) is 9.63. The Morgan fingerprint density at radius 1 is 1.12 bits per heavy atom. The van der Waals surface area contributed by atoms with Crippen LogP contribution in [-0.2, 0) is 4.79 Å². The molecule has 0 radical (unpaired) electrons. The van der Waals surface area contributed by atoms with E-state index < -0.39 is 0 Å². The van der Waals surface area contributed by atoms with Crippen molar-refractivity contribution in [3.05, 3.63) is 35.6 Å². The highest BCUT2D eigenvalue weighted by atomic mass is 19.1. The van der Waals surface area contributed by atoms with E-state index in [-0.39, 0.29) is 29.6 Å². The van der Waals surface area contributed by atoms with E-state index in [1.165, 1.54) is 30.7 Å². The van der Waals surface area contributed by atoms with Crippen molar-refractivity contribution in [3.63, 3.8) is 0 Å². The van der Waals surface area contributed by atoms with Gasteiger partial charge in [0, 0.05) is 24.7 Å². The number of hydrogen-bond acceptors (Lipinski definition) is 3. The van der Waals surface area contributed by atoms with E-state index in [0.717, 1.165) is 32.1 Å². The summed E-state index contributed by atoms with van der Waals surface area (Å²) in [6.07, 6.45) is 5.95. The Labute approximate surface area is 154 Å². The van der Waals surface area contributed by atoms with Gasteiger partial charge in [-0.25, -0.2) is 4.39 Å². The Morgan fingerprint density at radius 2 is 1.85 bits per heavy atom. The first kappa shape index (κ1) is 18.8. The minimum atomic E-state index is -0.362. The number of hydrogen-bond donors (Lipinski definition) is 2. The Morgan fingerprint density at radius 3 is 2.58 bits per heavy atom. The van der Waals surface area contributed by atoms with Crippen molar-refractivity contribution in [3.8, 4) is 0 Å². The molecule has 5 nitrogen and oxygen atoms in total. The number of carbonyl (C=O) groups is 2. The first-order chi connectivity index (χ1) is 12.6. The van der Waals surface area contributed by atoms with Gasteiger partial charge in [0.05, 0.1) is 5.92 Å². The zero-order valence-corrected chi connectivity index (χ0v) is 15.1. The Kier molecular flexibility index (Phi) is 6.25. The van der Waals surface area contributed by atoms with Crippen LogP contribution in [0, 0.1) is 17.7 Å². The molecule has 0 spiro atoms. The maximum Gasteiger partial charge on any atom is 0.253 e. The van der Waals surface area contributed by atoms with Gasteiger partial charge >= 0.3 is 0 Å². The second-order valence-electron chi connectivity index (χ2n) is 7.49. The third kappa shape index (κ3) is 4.41. The molecule has 0 bridgehead atoms. The minimum absolute atomic E-state index is 0.0342. The topological polar surface area (TPSA) is 75.4 Å². The van der Waals surface area contributed by atoms with Crippen molar-refractivity contribution in [2.24, 2.45) is 17.6 Å². The van der Waals surface area contributed by atoms with E-state index in [0.29, 0.717) is 31.1 Å². The Balaban J connectivity index is 1.59. The van der Waals surface area contributed by atoms with E-state index >= 15 is 0 Å². The van der Waals surface area contributed by atoms with Gasteiger partial charge < -0.3 is 16.0 Å². The Hall–Kier alpha value is -1.95. The molecule has 142 valence electrons. The van der Waals surface area contributed by atoms with Crippen LogP contribution in [-0.4, -0.2) is 42.4 Å². The fourth-order valence-corrected chi connectivity index (χ4v) is 4.13. The SMILES string of the molecule is NCC1CCCCC1NC(=O)C1CCCN(C(=O)c2ccc(F)cc2)C1. The number of amides is 2. The quantitative estimate of drug-likeness (QED) is 0.864. The molecule has 2 aliphatic rings. The monoisotopic (exact) mass is 361 g/mol. The van der Waals surface area contributed by atoms with Gasteiger partial charge in [0.1, 0.15) is 5.82 Å². The van der Waals surface area contributed by atoms with Crippen LogP contribution in [0.4, 0.5) is 4.39 Å². The summed E-state index contributed by atoms with van der Waals surface area (Å²) < 4.78 is 13.1. The predicted molar refractivity (Wildman–Crippen MR) is 98.0 cm³/mol. The highest BCUT2D eigenvalue weighted by Crippen LogP contribution is 2.25. The number of nitrogens with two attached hydrogens (primary N) is 1. The number of nitrogens with one attached hydrogen (secondary N) is 1. The lowest BCUT2D eigenvalue weighted by Gasteiger charge is -2.35. The molecule has 1 saturated carbocycles. The number of halogens is 1. The van der Waals surface area contributed by atoms with Gasteiger partial charge in [0.25, 0.3) is 5.91 Å². The molecule has 1 saturated heterocycles. The van der Waals surface area contributed by atoms with Gasteiger partial charge in [-0.1, -0.05) is 12.8 Å². The molecule has 0 aromatic heterocycles. The van der Waals surface area contributed by atoms with Crippen molar-refractivity contribution in [2.45, 2.75) is 44.6 Å². The second-order valence-corrected chi connectivity index (χ2v) is 7.49. The van der Waals surface area contributed by atoms with E-state index in [1.54, 1.807) is 4.90 Å². The molecule has 3 atom stereocenters. The summed E-state index contributed by atoms with van der Waals surface area (Å²) >= 11 is 0. The van der Waals surface area contributed by atoms with E-state index in [2.05, 4.69) is 5.32 Å². The number of likely N-dealkylation sites (tertiary alicyclic amines) is 1. The summed E-state index contributed by atoms with van der Waals surface area (Å²) in [4.78, 5) is 27.1. The molecule has 3 unspecified atom stereocenters. The third-order valence-corrected chi connectivity index (χ3v) is 5.71. The second kappa shape index (κ2) is 8.62. The van der Waals surface area contributed by atoms with Gasteiger partial charge in [-0.2, -0.15) is 0 Å². The van der Waals surface area contributed by atoms with Crippen LogP contribution in [0.25, 0.3) is 0 Å². The average molecular weight is 361 g/mol. The highest BCUT2D eigenvalue weighted by molar-refractivity contribution is 5.94. The highest BCUT2D eigenvalue weighted by Gasteiger charge is 2.32. The zero-order valence-electron chi connectivity index (χ0n) is 15.1. The summed E-state index contributed by atoms with van der Waals surface area (Å²) in [5.41, 5.74) is 6.31. The maximum atomic E-state index is 13.1. The van der Waals surface area contributed by atoms with Crippen LogP contribution in [0.3, 0.4) is 0 Å². The van der Waals surface area contributed by atoms with Crippen LogP contribution in [0.15, 0.2) is 24.3 Å². The van der Waals surface area contributed by atoms with Crippen molar-refractivity contribution in [1.29, 1.82) is 0 Å². The summed E-state index contributed by atoms with van der Waals surface area (Å²) in [6, 6.07) is 5.73. The number of carbonyl (C=O) groups excluding carboxylic acids is 2. The molecule has 1 heterocycles. The molecule has 2 fully saturated rings. The fraction of sp³-hybridized carbons (Fsp3) is 0.600. The maximum absolute atomic E-state index is 13.1. The lowest BCUT2D eigenvalue weighted by molar-refractivity contribution is -0.127. The third-order valence-electron chi connectivity index (χ3n) is 5.71. The van der Waals surface area contributed by atoms with Crippen molar-refractivity contribution in [1.82, 2.24) is 10.2 Å². The number of nitrogens with zero attached hydrogens (tertiary/aromatic N) is 1. The number of benzene rings is 1. The molecule has 1 aromatic rings. The van der Waals surface area contributed by atoms with Crippen LogP contribution in [0.1, 0.15) is 48.9 Å². The standard InChI is InChI=1S/C20H28FN3O2/c21-17-9-7-14(8-10-17)20(26)24-11-3-5-16(13-24)19(25)23-18-6-2-1-4-15(18)12-22/h7-10,15-16,18H,1-6,11-13,22H2,(H,23,25).